The number of nitrogens with zero attached hydrogens (tertiary/aromatic N) is 2. The van der Waals surface area contributed by atoms with Crippen molar-refractivity contribution < 1.29 is 13.3 Å². The van der Waals surface area contributed by atoms with Crippen LogP contribution in [-0.4, -0.2) is 10.1 Å². The number of nitrogens with two attached hydrogens (primary N) is 1. The largest absolute Gasteiger partial charge is 0.398 e. The van der Waals surface area contributed by atoms with Crippen LogP contribution in [0, 0.1) is 11.6 Å². The van der Waals surface area contributed by atoms with Crippen molar-refractivity contribution in [2.75, 3.05) is 5.73 Å². The molecule has 1 heterocycles. The fourth-order valence-corrected chi connectivity index (χ4v) is 1.96. The first-order valence-electron chi connectivity index (χ1n) is 6.25. The molecule has 106 valence electrons. The minimum atomic E-state index is -1.01. The molecule has 0 amide bonds. The monoisotopic (exact) mass is 287 g/mol. The van der Waals surface area contributed by atoms with E-state index in [1.54, 1.807) is 0 Å². The first-order valence-corrected chi connectivity index (χ1v) is 6.25. The summed E-state index contributed by atoms with van der Waals surface area (Å²) >= 11 is 0. The first kappa shape index (κ1) is 13.2. The van der Waals surface area contributed by atoms with Gasteiger partial charge >= 0.3 is 0 Å². The van der Waals surface area contributed by atoms with Crippen molar-refractivity contribution in [1.29, 1.82) is 0 Å². The van der Waals surface area contributed by atoms with Gasteiger partial charge in [0.2, 0.25) is 0 Å². The zero-order chi connectivity index (χ0) is 14.8. The van der Waals surface area contributed by atoms with E-state index >= 15 is 0 Å². The van der Waals surface area contributed by atoms with E-state index in [2.05, 4.69) is 10.1 Å². The minimum absolute atomic E-state index is 0.0452. The van der Waals surface area contributed by atoms with Crippen molar-refractivity contribution in [1.82, 2.24) is 10.1 Å². The van der Waals surface area contributed by atoms with Crippen LogP contribution in [0.15, 0.2) is 47.0 Å². The topological polar surface area (TPSA) is 64.9 Å². The van der Waals surface area contributed by atoms with E-state index in [4.69, 9.17) is 10.3 Å². The highest BCUT2D eigenvalue weighted by Crippen LogP contribution is 2.27. The van der Waals surface area contributed by atoms with Gasteiger partial charge in [-0.3, -0.25) is 0 Å². The second kappa shape index (κ2) is 5.32. The van der Waals surface area contributed by atoms with Gasteiger partial charge in [0.1, 0.15) is 0 Å². The van der Waals surface area contributed by atoms with Crippen LogP contribution in [0.25, 0.3) is 11.5 Å². The van der Waals surface area contributed by atoms with Crippen LogP contribution in [0.2, 0.25) is 0 Å². The second-order valence-corrected chi connectivity index (χ2v) is 4.53. The molecule has 0 spiro atoms. The van der Waals surface area contributed by atoms with Crippen molar-refractivity contribution >= 4 is 5.69 Å². The highest BCUT2D eigenvalue weighted by Gasteiger charge is 2.15. The van der Waals surface area contributed by atoms with Crippen LogP contribution in [-0.2, 0) is 6.42 Å². The highest BCUT2D eigenvalue weighted by molar-refractivity contribution is 5.70. The molecule has 0 unspecified atom stereocenters. The predicted octanol–water partition coefficient (Wildman–Crippen LogP) is 3.19. The summed E-state index contributed by atoms with van der Waals surface area (Å²) in [6.07, 6.45) is 0.480. The first-order chi connectivity index (χ1) is 10.1. The van der Waals surface area contributed by atoms with Crippen molar-refractivity contribution in [2.45, 2.75) is 6.42 Å². The molecule has 0 radical (unpaired) electrons. The summed E-state index contributed by atoms with van der Waals surface area (Å²) in [4.78, 5) is 4.16. The Hall–Kier alpha value is -2.76. The number of hydrogen-bond acceptors (Lipinski definition) is 4. The van der Waals surface area contributed by atoms with E-state index in [1.165, 1.54) is 0 Å². The lowest BCUT2D eigenvalue weighted by Crippen LogP contribution is -1.95. The summed E-state index contributed by atoms with van der Waals surface area (Å²) < 4.78 is 31.4. The molecule has 3 rings (SSSR count). The Morgan fingerprint density at radius 3 is 2.52 bits per heavy atom. The number of nitrogen functional groups attached to an aromatic ring is 1. The molecule has 0 fully saturated rings. The molecule has 2 N–H and O–H groups in total. The van der Waals surface area contributed by atoms with E-state index < -0.39 is 11.6 Å². The Balaban J connectivity index is 1.90. The van der Waals surface area contributed by atoms with E-state index in [-0.39, 0.29) is 17.1 Å². The molecule has 1 aromatic heterocycles. The number of rotatable bonds is 3. The van der Waals surface area contributed by atoms with Crippen molar-refractivity contribution in [2.24, 2.45) is 0 Å². The maximum absolute atomic E-state index is 13.3. The van der Waals surface area contributed by atoms with Crippen molar-refractivity contribution in [3.63, 3.8) is 0 Å². The molecule has 0 saturated heterocycles. The van der Waals surface area contributed by atoms with Crippen LogP contribution < -0.4 is 5.73 Å². The van der Waals surface area contributed by atoms with Crippen LogP contribution in [0.1, 0.15) is 11.4 Å². The zero-order valence-electron chi connectivity index (χ0n) is 10.9. The van der Waals surface area contributed by atoms with Gasteiger partial charge in [-0.25, -0.2) is 8.78 Å². The van der Waals surface area contributed by atoms with Gasteiger partial charge in [0, 0.05) is 18.2 Å². The Kier molecular flexibility index (Phi) is 3.35. The molecule has 3 aromatic rings. The third-order valence-electron chi connectivity index (χ3n) is 3.00. The maximum Gasteiger partial charge on any atom is 0.260 e. The van der Waals surface area contributed by atoms with Gasteiger partial charge < -0.3 is 10.3 Å². The highest BCUT2D eigenvalue weighted by atomic mass is 19.2. The van der Waals surface area contributed by atoms with Gasteiger partial charge in [0.25, 0.3) is 5.89 Å². The average molecular weight is 287 g/mol. The van der Waals surface area contributed by atoms with E-state index in [1.807, 2.05) is 30.3 Å². The summed E-state index contributed by atoms with van der Waals surface area (Å²) in [5.74, 6) is -1.51. The fourth-order valence-electron chi connectivity index (χ4n) is 1.96. The summed E-state index contributed by atoms with van der Waals surface area (Å²) in [6, 6.07) is 11.4. The van der Waals surface area contributed by atoms with Crippen molar-refractivity contribution in [3.05, 3.63) is 65.5 Å². The van der Waals surface area contributed by atoms with E-state index in [9.17, 15) is 8.78 Å². The third-order valence-corrected chi connectivity index (χ3v) is 3.00. The average Bonchev–Trinajstić information content (AvgIpc) is 2.92. The van der Waals surface area contributed by atoms with Crippen molar-refractivity contribution in [3.8, 4) is 11.5 Å². The fraction of sp³-hybridized carbons (Fsp3) is 0.0667. The summed E-state index contributed by atoms with van der Waals surface area (Å²) in [6.45, 7) is 0. The molecule has 21 heavy (non-hydrogen) atoms. The minimum Gasteiger partial charge on any atom is -0.398 e. The normalized spacial score (nSPS) is 10.8. The quantitative estimate of drug-likeness (QED) is 0.751. The Labute approximate surface area is 119 Å². The summed E-state index contributed by atoms with van der Waals surface area (Å²) in [7, 11) is 0. The predicted molar refractivity (Wildman–Crippen MR) is 73.3 cm³/mol. The lowest BCUT2D eigenvalue weighted by Gasteiger charge is -2.01. The summed E-state index contributed by atoms with van der Waals surface area (Å²) in [5.41, 5.74) is 6.89. The molecule has 4 nitrogen and oxygen atoms in total. The summed E-state index contributed by atoms with van der Waals surface area (Å²) in [5, 5.41) is 3.82. The molecular weight excluding hydrogens is 276 g/mol. The third kappa shape index (κ3) is 2.74. The lowest BCUT2D eigenvalue weighted by molar-refractivity contribution is 0.423. The second-order valence-electron chi connectivity index (χ2n) is 4.53. The molecule has 0 aliphatic carbocycles. The van der Waals surface area contributed by atoms with Crippen LogP contribution >= 0.6 is 0 Å². The number of aromatic nitrogens is 2. The Morgan fingerprint density at radius 2 is 1.76 bits per heavy atom. The van der Waals surface area contributed by atoms with Gasteiger partial charge in [-0.15, -0.1) is 0 Å². The van der Waals surface area contributed by atoms with Gasteiger partial charge in [-0.2, -0.15) is 4.98 Å². The SMILES string of the molecule is Nc1cc(F)c(F)cc1-c1nc(Cc2ccccc2)no1. The number of halogens is 2. The molecule has 2 aromatic carbocycles. The van der Waals surface area contributed by atoms with Crippen LogP contribution in [0.3, 0.4) is 0 Å². The van der Waals surface area contributed by atoms with Gasteiger partial charge in [0.15, 0.2) is 17.5 Å². The smallest absolute Gasteiger partial charge is 0.260 e. The number of benzene rings is 2. The number of hydrogen-bond donors (Lipinski definition) is 1. The molecule has 0 aliphatic heterocycles. The Morgan fingerprint density at radius 1 is 1.05 bits per heavy atom. The van der Waals surface area contributed by atoms with E-state index in [0.717, 1.165) is 17.7 Å². The zero-order valence-corrected chi connectivity index (χ0v) is 10.9. The van der Waals surface area contributed by atoms with Crippen LogP contribution in [0.5, 0.6) is 0 Å². The molecular formula is C15H11F2N3O. The standard InChI is InChI=1S/C15H11F2N3O/c16-11-7-10(13(18)8-12(11)17)15-19-14(20-21-15)6-9-4-2-1-3-5-9/h1-5,7-8H,6,18H2. The Bertz CT molecular complexity index is 772. The van der Waals surface area contributed by atoms with Crippen LogP contribution in [0.4, 0.5) is 14.5 Å². The van der Waals surface area contributed by atoms with Gasteiger partial charge in [-0.05, 0) is 11.6 Å². The molecule has 6 heteroatoms. The lowest BCUT2D eigenvalue weighted by atomic mass is 10.1. The van der Waals surface area contributed by atoms with Gasteiger partial charge in [-0.1, -0.05) is 35.5 Å². The van der Waals surface area contributed by atoms with Gasteiger partial charge in [0.05, 0.1) is 5.56 Å². The molecule has 0 atom stereocenters. The number of anilines is 1. The van der Waals surface area contributed by atoms with E-state index in [0.29, 0.717) is 12.2 Å². The maximum atomic E-state index is 13.3. The molecule has 0 aliphatic rings. The molecule has 0 saturated carbocycles. The molecule has 0 bridgehead atoms.